The van der Waals surface area contributed by atoms with E-state index in [1.807, 2.05) is 0 Å². The third kappa shape index (κ3) is 7.72. The first-order valence-electron chi connectivity index (χ1n) is 9.12. The number of sulfonamides is 1. The van der Waals surface area contributed by atoms with Crippen LogP contribution < -0.4 is 10.0 Å². The van der Waals surface area contributed by atoms with Crippen LogP contribution in [0.2, 0.25) is 0 Å². The molecule has 30 heavy (non-hydrogen) atoms. The first kappa shape index (κ1) is 23.8. The lowest BCUT2D eigenvalue weighted by atomic mass is 9.95. The number of carbonyl (C=O) groups is 1. The number of aliphatic hydroxyl groups is 2. The fourth-order valence-corrected chi connectivity index (χ4v) is 4.25. The van der Waals surface area contributed by atoms with Gasteiger partial charge in [0.2, 0.25) is 10.0 Å². The maximum absolute atomic E-state index is 12.6. The highest BCUT2D eigenvalue weighted by molar-refractivity contribution is 7.92. The predicted molar refractivity (Wildman–Crippen MR) is 117 cm³/mol. The quantitative estimate of drug-likeness (QED) is 0.293. The molecule has 0 spiro atoms. The predicted octanol–water partition coefficient (Wildman–Crippen LogP) is 1.02. The number of amides is 1. The van der Waals surface area contributed by atoms with Crippen LogP contribution in [0, 0.1) is 12.3 Å². The van der Waals surface area contributed by atoms with Gasteiger partial charge in [0.25, 0.3) is 5.91 Å². The summed E-state index contributed by atoms with van der Waals surface area (Å²) in [5.74, 6) is 1.88. The third-order valence-corrected chi connectivity index (χ3v) is 5.61. The van der Waals surface area contributed by atoms with Gasteiger partial charge in [-0.25, -0.2) is 13.4 Å². The average molecular weight is 455 g/mol. The van der Waals surface area contributed by atoms with Gasteiger partial charge in [-0.1, -0.05) is 0 Å². The molecule has 0 aliphatic heterocycles. The van der Waals surface area contributed by atoms with Crippen LogP contribution in [0.1, 0.15) is 36.7 Å². The van der Waals surface area contributed by atoms with Crippen molar-refractivity contribution in [3.05, 3.63) is 41.2 Å². The fraction of sp³-hybridized carbons (Fsp3) is 0.421. The van der Waals surface area contributed by atoms with Gasteiger partial charge >= 0.3 is 0 Å². The number of hydrogen-bond donors (Lipinski definition) is 4. The molecule has 2 heterocycles. The number of aromatic nitrogens is 2. The van der Waals surface area contributed by atoms with Crippen LogP contribution in [0.5, 0.6) is 0 Å². The minimum atomic E-state index is -3.52. The van der Waals surface area contributed by atoms with Gasteiger partial charge in [0.05, 0.1) is 18.4 Å². The first-order valence-corrected chi connectivity index (χ1v) is 11.9. The molecule has 2 aromatic rings. The summed E-state index contributed by atoms with van der Waals surface area (Å²) in [6, 6.07) is 2.68. The summed E-state index contributed by atoms with van der Waals surface area (Å²) < 4.78 is 24.8. The lowest BCUT2D eigenvalue weighted by Crippen LogP contribution is -2.49. The molecule has 4 N–H and O–H groups in total. The van der Waals surface area contributed by atoms with E-state index in [1.54, 1.807) is 24.5 Å². The van der Waals surface area contributed by atoms with Gasteiger partial charge in [0, 0.05) is 25.6 Å². The zero-order valence-corrected chi connectivity index (χ0v) is 18.0. The smallest absolute Gasteiger partial charge is 0.271 e. The van der Waals surface area contributed by atoms with Crippen LogP contribution in [-0.4, -0.2) is 59.0 Å². The van der Waals surface area contributed by atoms with E-state index in [4.69, 9.17) is 6.42 Å². The molecule has 11 heteroatoms. The number of carbonyl (C=O) groups excluding carboxylic acids is 1. The minimum Gasteiger partial charge on any atom is -0.390 e. The van der Waals surface area contributed by atoms with E-state index < -0.39 is 34.2 Å². The molecule has 2 aromatic heterocycles. The van der Waals surface area contributed by atoms with E-state index >= 15 is 0 Å². The number of terminal acetylenes is 1. The van der Waals surface area contributed by atoms with Crippen molar-refractivity contribution < 1.29 is 24.9 Å². The largest absolute Gasteiger partial charge is 0.390 e. The molecular formula is C19H26N4O5S2. The van der Waals surface area contributed by atoms with Gasteiger partial charge in [-0.05, 0) is 37.0 Å². The SMILES string of the molecule is C#CCCCC(O)C(O)C(Cc1ccncc1)NC(=O)c1csc(NS(C)(=O)=O)n1.[HH]. The lowest BCUT2D eigenvalue weighted by Gasteiger charge is -2.27. The Kier molecular flexibility index (Phi) is 8.73. The van der Waals surface area contributed by atoms with Crippen molar-refractivity contribution in [1.82, 2.24) is 15.3 Å². The Morgan fingerprint density at radius 1 is 1.37 bits per heavy atom. The zero-order valence-electron chi connectivity index (χ0n) is 16.4. The molecule has 0 saturated heterocycles. The van der Waals surface area contributed by atoms with Gasteiger partial charge in [-0.15, -0.1) is 23.7 Å². The number of hydrogen-bond acceptors (Lipinski definition) is 8. The van der Waals surface area contributed by atoms with Gasteiger partial charge in [-0.2, -0.15) is 0 Å². The summed E-state index contributed by atoms with van der Waals surface area (Å²) in [7, 11) is -3.52. The van der Waals surface area contributed by atoms with Gasteiger partial charge in [0.15, 0.2) is 5.13 Å². The first-order chi connectivity index (χ1) is 14.2. The molecule has 164 valence electrons. The molecule has 0 aliphatic carbocycles. The summed E-state index contributed by atoms with van der Waals surface area (Å²) in [5.41, 5.74) is 0.808. The van der Waals surface area contributed by atoms with Crippen LogP contribution in [-0.2, 0) is 16.4 Å². The Morgan fingerprint density at radius 2 is 2.07 bits per heavy atom. The van der Waals surface area contributed by atoms with Crippen LogP contribution in [0.4, 0.5) is 5.13 Å². The maximum Gasteiger partial charge on any atom is 0.271 e. The Bertz CT molecular complexity index is 979. The second kappa shape index (κ2) is 11.0. The van der Waals surface area contributed by atoms with E-state index in [2.05, 4.69) is 25.9 Å². The van der Waals surface area contributed by atoms with Gasteiger partial charge in [0.1, 0.15) is 11.8 Å². The van der Waals surface area contributed by atoms with Crippen molar-refractivity contribution in [2.24, 2.45) is 0 Å². The lowest BCUT2D eigenvalue weighted by molar-refractivity contribution is -0.00790. The van der Waals surface area contributed by atoms with E-state index in [0.29, 0.717) is 12.8 Å². The normalized spacial score (nSPS) is 14.3. The molecule has 1 amide bonds. The molecule has 0 fully saturated rings. The Labute approximate surface area is 181 Å². The summed E-state index contributed by atoms with van der Waals surface area (Å²) in [6.07, 6.45) is 8.60. The summed E-state index contributed by atoms with van der Waals surface area (Å²) >= 11 is 0.963. The Hall–Kier alpha value is -2.52. The van der Waals surface area contributed by atoms with E-state index in [9.17, 15) is 23.4 Å². The third-order valence-electron chi connectivity index (χ3n) is 4.16. The average Bonchev–Trinajstić information content (AvgIpc) is 3.14. The monoisotopic (exact) mass is 454 g/mol. The van der Waals surface area contributed by atoms with E-state index in [1.165, 1.54) is 5.38 Å². The summed E-state index contributed by atoms with van der Waals surface area (Å²) in [6.45, 7) is 0. The fourth-order valence-electron chi connectivity index (χ4n) is 2.71. The van der Waals surface area contributed by atoms with Crippen LogP contribution >= 0.6 is 11.3 Å². The highest BCUT2D eigenvalue weighted by Crippen LogP contribution is 2.18. The number of unbranched alkanes of at least 4 members (excludes halogenated alkanes) is 1. The topological polar surface area (TPSA) is 142 Å². The van der Waals surface area contributed by atoms with Crippen molar-refractivity contribution in [2.45, 2.75) is 43.9 Å². The molecule has 0 radical (unpaired) electrons. The highest BCUT2D eigenvalue weighted by atomic mass is 32.2. The van der Waals surface area contributed by atoms with E-state index in [0.717, 1.165) is 23.2 Å². The molecule has 0 saturated carbocycles. The molecular weight excluding hydrogens is 428 g/mol. The molecule has 0 aliphatic rings. The summed E-state index contributed by atoms with van der Waals surface area (Å²) in [4.78, 5) is 20.5. The van der Waals surface area contributed by atoms with Crippen LogP contribution in [0.3, 0.4) is 0 Å². The number of nitrogens with zero attached hydrogens (tertiary/aromatic N) is 2. The number of rotatable bonds is 11. The summed E-state index contributed by atoms with van der Waals surface area (Å²) in [5, 5.41) is 25.1. The molecule has 0 bridgehead atoms. The molecule has 3 atom stereocenters. The second-order valence-electron chi connectivity index (χ2n) is 6.71. The van der Waals surface area contributed by atoms with Crippen LogP contribution in [0.15, 0.2) is 29.9 Å². The minimum absolute atomic E-state index is 0. The molecule has 2 rings (SSSR count). The van der Waals surface area contributed by atoms with E-state index in [-0.39, 0.29) is 25.1 Å². The van der Waals surface area contributed by atoms with Crippen LogP contribution in [0.25, 0.3) is 0 Å². The standard InChI is InChI=1S/C19H24N4O5S2.H2/c1-3-4-5-6-16(24)17(25)14(11-13-7-9-20-10-8-13)21-18(26)15-12-29-19(22-15)23-30(2,27)28;/h1,7-10,12,14,16-17,24-25H,4-6,11H2,2H3,(H,21,26)(H,22,23);1H. The number of nitrogens with one attached hydrogen (secondary N) is 2. The van der Waals surface area contributed by atoms with Crippen molar-refractivity contribution >= 4 is 32.4 Å². The molecule has 9 nitrogen and oxygen atoms in total. The Morgan fingerprint density at radius 3 is 2.70 bits per heavy atom. The number of thiazole rings is 1. The number of pyridine rings is 1. The Balaban J connectivity index is 0.00000480. The molecule has 3 unspecified atom stereocenters. The zero-order chi connectivity index (χ0) is 22.1. The second-order valence-corrected chi connectivity index (χ2v) is 9.31. The number of anilines is 1. The van der Waals surface area contributed by atoms with Gasteiger partial charge < -0.3 is 15.5 Å². The highest BCUT2D eigenvalue weighted by Gasteiger charge is 2.28. The van der Waals surface area contributed by atoms with Gasteiger partial charge in [-0.3, -0.25) is 14.5 Å². The number of aliphatic hydroxyl groups excluding tert-OH is 2. The van der Waals surface area contributed by atoms with Crippen molar-refractivity contribution in [1.29, 1.82) is 0 Å². The van der Waals surface area contributed by atoms with Crippen molar-refractivity contribution in [2.75, 3.05) is 11.0 Å². The maximum atomic E-state index is 12.6. The van der Waals surface area contributed by atoms with Crippen molar-refractivity contribution in [3.63, 3.8) is 0 Å². The molecule has 0 aromatic carbocycles. The van der Waals surface area contributed by atoms with Crippen molar-refractivity contribution in [3.8, 4) is 12.3 Å².